The molecule has 3 nitrogen and oxygen atoms in total. The zero-order chi connectivity index (χ0) is 16.5. The van der Waals surface area contributed by atoms with Crippen molar-refractivity contribution in [1.82, 2.24) is 9.78 Å². The van der Waals surface area contributed by atoms with Crippen molar-refractivity contribution in [2.75, 3.05) is 0 Å². The third-order valence-corrected chi connectivity index (χ3v) is 3.97. The van der Waals surface area contributed by atoms with E-state index in [9.17, 15) is 0 Å². The lowest BCUT2D eigenvalue weighted by Gasteiger charge is -2.08. The molecule has 4 rings (SSSR count). The highest BCUT2D eigenvalue weighted by Gasteiger charge is 2.07. The molecule has 3 heteroatoms. The number of ether oxygens (including phenoxy) is 1. The molecule has 0 atom stereocenters. The molecule has 0 radical (unpaired) electrons. The Kier molecular flexibility index (Phi) is 3.54. The first-order valence-electron chi connectivity index (χ1n) is 7.98. The van der Waals surface area contributed by atoms with Gasteiger partial charge in [0.05, 0.1) is 17.4 Å². The number of hydrogen-bond donors (Lipinski definition) is 0. The number of para-hydroxylation sites is 1. The molecule has 0 saturated carbocycles. The molecule has 0 amide bonds. The topological polar surface area (TPSA) is 27.1 Å². The second kappa shape index (κ2) is 5.85. The molecule has 0 fully saturated rings. The molecule has 24 heavy (non-hydrogen) atoms. The average Bonchev–Trinajstić information content (AvgIpc) is 2.98. The van der Waals surface area contributed by atoms with E-state index in [-0.39, 0.29) is 0 Å². The van der Waals surface area contributed by atoms with E-state index in [0.717, 1.165) is 28.1 Å². The number of aryl methyl sites for hydroxylation is 2. The fourth-order valence-electron chi connectivity index (χ4n) is 2.98. The van der Waals surface area contributed by atoms with E-state index >= 15 is 0 Å². The van der Waals surface area contributed by atoms with Crippen LogP contribution >= 0.6 is 0 Å². The van der Waals surface area contributed by atoms with E-state index in [1.807, 2.05) is 71.5 Å². The highest BCUT2D eigenvalue weighted by molar-refractivity contribution is 5.81. The molecule has 0 aliphatic carbocycles. The molecule has 1 aromatic heterocycles. The molecule has 0 bridgehead atoms. The Balaban J connectivity index is 1.69. The number of benzene rings is 3. The summed E-state index contributed by atoms with van der Waals surface area (Å²) >= 11 is 0. The minimum absolute atomic E-state index is 0.820. The van der Waals surface area contributed by atoms with Gasteiger partial charge in [-0.05, 0) is 67.4 Å². The van der Waals surface area contributed by atoms with Gasteiger partial charge in [-0.3, -0.25) is 0 Å². The molecule has 0 aliphatic heterocycles. The predicted octanol–water partition coefficient (Wildman–Crippen LogP) is 5.43. The van der Waals surface area contributed by atoms with Crippen LogP contribution in [0.1, 0.15) is 11.1 Å². The van der Waals surface area contributed by atoms with E-state index in [1.165, 1.54) is 11.1 Å². The summed E-state index contributed by atoms with van der Waals surface area (Å²) in [5, 5.41) is 5.56. The quantitative estimate of drug-likeness (QED) is 0.504. The summed E-state index contributed by atoms with van der Waals surface area (Å²) in [6.07, 6.45) is 1.87. The Labute approximate surface area is 141 Å². The minimum Gasteiger partial charge on any atom is -0.457 e. The average molecular weight is 314 g/mol. The van der Waals surface area contributed by atoms with Gasteiger partial charge < -0.3 is 4.74 Å². The minimum atomic E-state index is 0.820. The molecular weight excluding hydrogens is 296 g/mol. The molecule has 1 heterocycles. The number of fused-ring (bicyclic) bond motifs is 1. The summed E-state index contributed by atoms with van der Waals surface area (Å²) in [5.41, 5.74) is 4.51. The van der Waals surface area contributed by atoms with Crippen molar-refractivity contribution in [2.24, 2.45) is 0 Å². The van der Waals surface area contributed by atoms with Gasteiger partial charge in [-0.1, -0.05) is 24.3 Å². The third kappa shape index (κ3) is 2.76. The first-order valence-corrected chi connectivity index (χ1v) is 7.98. The molecule has 0 N–H and O–H groups in total. The first kappa shape index (κ1) is 14.5. The summed E-state index contributed by atoms with van der Waals surface area (Å²) < 4.78 is 7.97. The Morgan fingerprint density at radius 1 is 0.792 bits per heavy atom. The van der Waals surface area contributed by atoms with Crippen LogP contribution in [0, 0.1) is 13.8 Å². The number of rotatable bonds is 3. The molecule has 3 aromatic carbocycles. The van der Waals surface area contributed by atoms with Gasteiger partial charge in [0.1, 0.15) is 11.5 Å². The molecule has 0 spiro atoms. The van der Waals surface area contributed by atoms with Crippen LogP contribution < -0.4 is 4.74 Å². The van der Waals surface area contributed by atoms with Gasteiger partial charge in [0, 0.05) is 5.39 Å². The van der Waals surface area contributed by atoms with Gasteiger partial charge in [0.25, 0.3) is 0 Å². The maximum atomic E-state index is 6.03. The lowest BCUT2D eigenvalue weighted by Crippen LogP contribution is -1.95. The lowest BCUT2D eigenvalue weighted by atomic mass is 10.1. The van der Waals surface area contributed by atoms with Gasteiger partial charge in [0.2, 0.25) is 0 Å². The van der Waals surface area contributed by atoms with Crippen LogP contribution in [0.2, 0.25) is 0 Å². The third-order valence-electron chi connectivity index (χ3n) is 3.97. The lowest BCUT2D eigenvalue weighted by molar-refractivity contribution is 0.482. The molecule has 118 valence electrons. The van der Waals surface area contributed by atoms with Crippen molar-refractivity contribution >= 4 is 10.9 Å². The summed E-state index contributed by atoms with van der Waals surface area (Å²) in [6.45, 7) is 4.15. The Hall–Kier alpha value is -3.07. The monoisotopic (exact) mass is 314 g/mol. The van der Waals surface area contributed by atoms with E-state index in [1.54, 1.807) is 0 Å². The number of nitrogens with zero attached hydrogens (tertiary/aromatic N) is 2. The van der Waals surface area contributed by atoms with Gasteiger partial charge in [-0.15, -0.1) is 0 Å². The van der Waals surface area contributed by atoms with E-state index in [2.05, 4.69) is 25.0 Å². The van der Waals surface area contributed by atoms with Crippen molar-refractivity contribution in [2.45, 2.75) is 13.8 Å². The van der Waals surface area contributed by atoms with E-state index in [4.69, 9.17) is 4.74 Å². The van der Waals surface area contributed by atoms with Crippen molar-refractivity contribution in [3.63, 3.8) is 0 Å². The van der Waals surface area contributed by atoms with Crippen molar-refractivity contribution in [1.29, 1.82) is 0 Å². The van der Waals surface area contributed by atoms with Crippen LogP contribution in [-0.4, -0.2) is 9.78 Å². The molecule has 4 aromatic rings. The fourth-order valence-corrected chi connectivity index (χ4v) is 2.98. The van der Waals surface area contributed by atoms with Crippen molar-refractivity contribution in [3.05, 3.63) is 84.1 Å². The van der Waals surface area contributed by atoms with Crippen LogP contribution in [0.5, 0.6) is 11.5 Å². The van der Waals surface area contributed by atoms with Gasteiger partial charge in [0.15, 0.2) is 0 Å². The zero-order valence-electron chi connectivity index (χ0n) is 13.7. The van der Waals surface area contributed by atoms with Crippen LogP contribution in [0.25, 0.3) is 16.6 Å². The zero-order valence-corrected chi connectivity index (χ0v) is 13.7. The normalized spacial score (nSPS) is 10.9. The fraction of sp³-hybridized carbons (Fsp3) is 0.0952. The van der Waals surface area contributed by atoms with Crippen LogP contribution in [0.4, 0.5) is 0 Å². The van der Waals surface area contributed by atoms with Gasteiger partial charge in [-0.2, -0.15) is 5.10 Å². The van der Waals surface area contributed by atoms with Crippen molar-refractivity contribution in [3.8, 4) is 17.2 Å². The van der Waals surface area contributed by atoms with E-state index < -0.39 is 0 Å². The van der Waals surface area contributed by atoms with Gasteiger partial charge >= 0.3 is 0 Å². The highest BCUT2D eigenvalue weighted by atomic mass is 16.5. The summed E-state index contributed by atoms with van der Waals surface area (Å²) in [5.74, 6) is 1.68. The second-order valence-corrected chi connectivity index (χ2v) is 6.04. The summed E-state index contributed by atoms with van der Waals surface area (Å²) in [4.78, 5) is 0. The molecule has 0 unspecified atom stereocenters. The summed E-state index contributed by atoms with van der Waals surface area (Å²) in [7, 11) is 0. The standard InChI is InChI=1S/C21H18N2O/c1-15-10-16(2)12-20(11-15)24-19-8-9-21-17(13-19)14-22-23(21)18-6-4-3-5-7-18/h3-14H,1-2H3. The van der Waals surface area contributed by atoms with Gasteiger partial charge in [-0.25, -0.2) is 4.68 Å². The first-order chi connectivity index (χ1) is 11.7. The summed E-state index contributed by atoms with van der Waals surface area (Å²) in [6, 6.07) is 22.4. The number of hydrogen-bond acceptors (Lipinski definition) is 2. The Morgan fingerprint density at radius 2 is 1.54 bits per heavy atom. The predicted molar refractivity (Wildman–Crippen MR) is 97.1 cm³/mol. The second-order valence-electron chi connectivity index (χ2n) is 6.04. The van der Waals surface area contributed by atoms with Crippen LogP contribution in [0.15, 0.2) is 72.9 Å². The molecule has 0 aliphatic rings. The van der Waals surface area contributed by atoms with Crippen molar-refractivity contribution < 1.29 is 4.74 Å². The Morgan fingerprint density at radius 3 is 2.29 bits per heavy atom. The molecule has 0 saturated heterocycles. The smallest absolute Gasteiger partial charge is 0.128 e. The number of aromatic nitrogens is 2. The van der Waals surface area contributed by atoms with Crippen LogP contribution in [0.3, 0.4) is 0 Å². The molecular formula is C21H18N2O. The SMILES string of the molecule is Cc1cc(C)cc(Oc2ccc3c(cnn3-c3ccccc3)c2)c1. The van der Waals surface area contributed by atoms with E-state index in [0.29, 0.717) is 0 Å². The maximum Gasteiger partial charge on any atom is 0.128 e. The maximum absolute atomic E-state index is 6.03. The Bertz CT molecular complexity index is 983. The largest absolute Gasteiger partial charge is 0.457 e. The highest BCUT2D eigenvalue weighted by Crippen LogP contribution is 2.28. The van der Waals surface area contributed by atoms with Crippen LogP contribution in [-0.2, 0) is 0 Å².